The van der Waals surface area contributed by atoms with Crippen LogP contribution in [0.3, 0.4) is 0 Å². The number of pyridine rings is 1. The van der Waals surface area contributed by atoms with Crippen LogP contribution in [0.2, 0.25) is 0 Å². The number of hydrogen-bond acceptors (Lipinski definition) is 8. The molecule has 2 heterocycles. The molecule has 0 atom stereocenters. The van der Waals surface area contributed by atoms with Gasteiger partial charge >= 0.3 is 0 Å². The summed E-state index contributed by atoms with van der Waals surface area (Å²) in [5, 5.41) is 13.4. The van der Waals surface area contributed by atoms with Crippen molar-refractivity contribution in [3.63, 3.8) is 0 Å². The number of thioether (sulfide) groups is 1. The molecule has 0 saturated heterocycles. The van der Waals surface area contributed by atoms with Crippen LogP contribution in [0.1, 0.15) is 11.1 Å². The van der Waals surface area contributed by atoms with E-state index in [9.17, 15) is 4.79 Å². The largest absolute Gasteiger partial charge is 0.493 e. The minimum Gasteiger partial charge on any atom is -0.493 e. The summed E-state index contributed by atoms with van der Waals surface area (Å²) in [7, 11) is 3.12. The first-order valence-electron chi connectivity index (χ1n) is 10.7. The lowest BCUT2D eigenvalue weighted by atomic mass is 10.2. The fourth-order valence-corrected chi connectivity index (χ4v) is 4.10. The van der Waals surface area contributed by atoms with Gasteiger partial charge in [0.15, 0.2) is 22.5 Å². The number of para-hydroxylation sites is 1. The zero-order valence-corrected chi connectivity index (χ0v) is 20.1. The van der Waals surface area contributed by atoms with E-state index < -0.39 is 0 Å². The Morgan fingerprint density at radius 2 is 1.83 bits per heavy atom. The number of carbonyl (C=O) groups excluding carboxylic acids is 1. The number of carbonyl (C=O) groups is 1. The second-order valence-electron chi connectivity index (χ2n) is 7.28. The van der Waals surface area contributed by atoms with E-state index in [1.165, 1.54) is 18.0 Å². The number of hydrazone groups is 1. The lowest BCUT2D eigenvalue weighted by Crippen LogP contribution is -2.20. The van der Waals surface area contributed by atoms with Crippen molar-refractivity contribution in [3.8, 4) is 22.9 Å². The van der Waals surface area contributed by atoms with E-state index in [1.807, 2.05) is 59.2 Å². The Balaban J connectivity index is 1.45. The van der Waals surface area contributed by atoms with Crippen molar-refractivity contribution in [2.24, 2.45) is 5.10 Å². The monoisotopic (exact) mass is 488 g/mol. The van der Waals surface area contributed by atoms with E-state index in [2.05, 4.69) is 25.7 Å². The van der Waals surface area contributed by atoms with Gasteiger partial charge in [0, 0.05) is 23.5 Å². The maximum absolute atomic E-state index is 12.5. The summed E-state index contributed by atoms with van der Waals surface area (Å²) in [5.74, 6) is 1.69. The molecule has 0 aliphatic carbocycles. The van der Waals surface area contributed by atoms with Crippen molar-refractivity contribution < 1.29 is 14.3 Å². The Kier molecular flexibility index (Phi) is 8.08. The molecule has 0 unspecified atom stereocenters. The molecule has 1 amide bonds. The van der Waals surface area contributed by atoms with Gasteiger partial charge in [0.2, 0.25) is 0 Å². The van der Waals surface area contributed by atoms with Crippen LogP contribution < -0.4 is 14.9 Å². The van der Waals surface area contributed by atoms with E-state index in [1.54, 1.807) is 32.7 Å². The maximum atomic E-state index is 12.5. The maximum Gasteiger partial charge on any atom is 0.250 e. The van der Waals surface area contributed by atoms with Gasteiger partial charge in [-0.25, -0.2) is 5.43 Å². The lowest BCUT2D eigenvalue weighted by molar-refractivity contribution is -0.118. The van der Waals surface area contributed by atoms with Crippen LogP contribution >= 0.6 is 11.8 Å². The first kappa shape index (κ1) is 24.0. The van der Waals surface area contributed by atoms with E-state index in [-0.39, 0.29) is 11.7 Å². The molecule has 2 aromatic carbocycles. The fourth-order valence-electron chi connectivity index (χ4n) is 3.37. The number of benzene rings is 2. The number of amides is 1. The standard InChI is InChI=1S/C25H24N6O3S/c1-33-21-10-6-9-20(23(21)34-2)15-27-28-22(32)17-35-25-30-29-24(19-11-13-26-14-12-19)31(25)16-18-7-4-3-5-8-18/h3-15H,16-17H2,1-2H3,(H,28,32). The Morgan fingerprint density at radius 3 is 2.57 bits per heavy atom. The van der Waals surface area contributed by atoms with E-state index in [0.29, 0.717) is 34.6 Å². The molecule has 9 nitrogen and oxygen atoms in total. The highest BCUT2D eigenvalue weighted by Gasteiger charge is 2.16. The molecule has 4 rings (SSSR count). The SMILES string of the molecule is COc1cccc(C=NNC(=O)CSc2nnc(-c3ccncc3)n2Cc2ccccc2)c1OC. The van der Waals surface area contributed by atoms with Gasteiger partial charge in [-0.3, -0.25) is 14.3 Å². The molecule has 35 heavy (non-hydrogen) atoms. The molecule has 0 bridgehead atoms. The Labute approximate surface area is 207 Å². The average Bonchev–Trinajstić information content (AvgIpc) is 3.30. The molecule has 0 fully saturated rings. The third-order valence-electron chi connectivity index (χ3n) is 5.00. The summed E-state index contributed by atoms with van der Waals surface area (Å²) in [6.07, 6.45) is 4.95. The van der Waals surface area contributed by atoms with Gasteiger partial charge in [0.05, 0.1) is 32.7 Å². The average molecular weight is 489 g/mol. The molecule has 2 aromatic heterocycles. The summed E-state index contributed by atoms with van der Waals surface area (Å²) >= 11 is 1.29. The molecule has 0 radical (unpaired) electrons. The number of ether oxygens (including phenoxy) is 2. The summed E-state index contributed by atoms with van der Waals surface area (Å²) in [6.45, 7) is 0.573. The number of nitrogens with one attached hydrogen (secondary N) is 1. The lowest BCUT2D eigenvalue weighted by Gasteiger charge is -2.10. The molecular formula is C25H24N6O3S. The minimum atomic E-state index is -0.271. The van der Waals surface area contributed by atoms with Crippen LogP contribution in [0.4, 0.5) is 0 Å². The predicted octanol–water partition coefficient (Wildman–Crippen LogP) is 3.65. The van der Waals surface area contributed by atoms with E-state index in [0.717, 1.165) is 11.1 Å². The molecule has 0 spiro atoms. The second-order valence-corrected chi connectivity index (χ2v) is 8.22. The molecule has 10 heteroatoms. The summed E-state index contributed by atoms with van der Waals surface area (Å²) in [4.78, 5) is 16.5. The van der Waals surface area contributed by atoms with Crippen LogP contribution in [-0.4, -0.2) is 51.8 Å². The normalized spacial score (nSPS) is 10.9. The van der Waals surface area contributed by atoms with Gasteiger partial charge in [-0.2, -0.15) is 5.10 Å². The highest BCUT2D eigenvalue weighted by molar-refractivity contribution is 7.99. The van der Waals surface area contributed by atoms with Gasteiger partial charge in [-0.15, -0.1) is 10.2 Å². The van der Waals surface area contributed by atoms with Gasteiger partial charge in [-0.05, 0) is 29.8 Å². The molecule has 0 saturated carbocycles. The van der Waals surface area contributed by atoms with Crippen molar-refractivity contribution in [2.45, 2.75) is 11.7 Å². The Bertz CT molecular complexity index is 1300. The van der Waals surface area contributed by atoms with Crippen LogP contribution in [-0.2, 0) is 11.3 Å². The fraction of sp³-hybridized carbons (Fsp3) is 0.160. The molecule has 0 aliphatic rings. The zero-order chi connectivity index (χ0) is 24.5. The summed E-state index contributed by atoms with van der Waals surface area (Å²) < 4.78 is 12.7. The van der Waals surface area contributed by atoms with Crippen molar-refractivity contribution in [2.75, 3.05) is 20.0 Å². The van der Waals surface area contributed by atoms with Crippen molar-refractivity contribution in [1.29, 1.82) is 0 Å². The minimum absolute atomic E-state index is 0.121. The highest BCUT2D eigenvalue weighted by atomic mass is 32.2. The van der Waals surface area contributed by atoms with Gasteiger partial charge in [0.25, 0.3) is 5.91 Å². The smallest absolute Gasteiger partial charge is 0.250 e. The number of rotatable bonds is 10. The number of aromatic nitrogens is 4. The zero-order valence-electron chi connectivity index (χ0n) is 19.3. The Hall–Kier alpha value is -4.18. The van der Waals surface area contributed by atoms with Gasteiger partial charge in [-0.1, -0.05) is 48.2 Å². The van der Waals surface area contributed by atoms with Crippen LogP contribution in [0.5, 0.6) is 11.5 Å². The third-order valence-corrected chi connectivity index (χ3v) is 5.96. The van der Waals surface area contributed by atoms with Gasteiger partial charge in [0.1, 0.15) is 0 Å². The topological polar surface area (TPSA) is 104 Å². The van der Waals surface area contributed by atoms with Crippen LogP contribution in [0, 0.1) is 0 Å². The highest BCUT2D eigenvalue weighted by Crippen LogP contribution is 2.29. The van der Waals surface area contributed by atoms with E-state index >= 15 is 0 Å². The third kappa shape index (κ3) is 6.04. The van der Waals surface area contributed by atoms with E-state index in [4.69, 9.17) is 9.47 Å². The molecular weight excluding hydrogens is 464 g/mol. The summed E-state index contributed by atoms with van der Waals surface area (Å²) in [6, 6.07) is 19.2. The van der Waals surface area contributed by atoms with Crippen molar-refractivity contribution >= 4 is 23.9 Å². The molecule has 0 aliphatic heterocycles. The second kappa shape index (κ2) is 11.8. The van der Waals surface area contributed by atoms with Crippen molar-refractivity contribution in [3.05, 3.63) is 84.2 Å². The quantitative estimate of drug-likeness (QED) is 0.206. The van der Waals surface area contributed by atoms with Crippen molar-refractivity contribution in [1.82, 2.24) is 25.2 Å². The number of nitrogens with zero attached hydrogens (tertiary/aromatic N) is 5. The number of hydrogen-bond donors (Lipinski definition) is 1. The van der Waals surface area contributed by atoms with Crippen LogP contribution in [0.15, 0.2) is 83.3 Å². The molecule has 178 valence electrons. The van der Waals surface area contributed by atoms with Gasteiger partial charge < -0.3 is 9.47 Å². The first-order chi connectivity index (χ1) is 17.2. The first-order valence-corrected chi connectivity index (χ1v) is 11.7. The van der Waals surface area contributed by atoms with Crippen LogP contribution in [0.25, 0.3) is 11.4 Å². The Morgan fingerprint density at radius 1 is 1.03 bits per heavy atom. The predicted molar refractivity (Wildman–Crippen MR) is 135 cm³/mol. The molecule has 1 N–H and O–H groups in total. The molecule has 4 aromatic rings. The number of methoxy groups -OCH3 is 2. The summed E-state index contributed by atoms with van der Waals surface area (Å²) in [5.41, 5.74) is 5.23.